The molecule has 1 unspecified atom stereocenters. The van der Waals surface area contributed by atoms with Gasteiger partial charge in [-0.25, -0.2) is 4.99 Å². The first-order chi connectivity index (χ1) is 18.9. The molecule has 0 N–H and O–H groups in total. The van der Waals surface area contributed by atoms with Crippen LogP contribution in [0.5, 0.6) is 5.75 Å². The summed E-state index contributed by atoms with van der Waals surface area (Å²) in [6, 6.07) is 4.33. The van der Waals surface area contributed by atoms with Gasteiger partial charge in [-0.1, -0.05) is 45.6 Å². The first-order valence-corrected chi connectivity index (χ1v) is 15.8. The lowest BCUT2D eigenvalue weighted by Crippen LogP contribution is -2.35. The van der Waals surface area contributed by atoms with Crippen molar-refractivity contribution in [3.05, 3.63) is 29.3 Å². The van der Waals surface area contributed by atoms with Crippen molar-refractivity contribution in [2.24, 2.45) is 10.9 Å². The molecule has 1 aromatic rings. The smallest absolute Gasteiger partial charge is 0.419 e. The Balaban J connectivity index is 2.07. The van der Waals surface area contributed by atoms with Crippen LogP contribution in [0.2, 0.25) is 0 Å². The summed E-state index contributed by atoms with van der Waals surface area (Å²) in [6.07, 6.45) is 1.33. The van der Waals surface area contributed by atoms with Gasteiger partial charge in [0, 0.05) is 6.92 Å². The maximum absolute atomic E-state index is 14.0. The zero-order valence-electron chi connectivity index (χ0n) is 26.5. The number of hydrogen-bond donors (Lipinski definition) is 0. The van der Waals surface area contributed by atoms with Crippen LogP contribution >= 0.6 is 8.60 Å². The van der Waals surface area contributed by atoms with E-state index in [0.717, 1.165) is 25.7 Å². The van der Waals surface area contributed by atoms with Crippen LogP contribution in [0.3, 0.4) is 0 Å². The van der Waals surface area contributed by atoms with Crippen molar-refractivity contribution in [3.63, 3.8) is 0 Å². The van der Waals surface area contributed by atoms with Gasteiger partial charge in [0.2, 0.25) is 0 Å². The van der Waals surface area contributed by atoms with Crippen LogP contribution in [0.4, 0.5) is 13.2 Å². The van der Waals surface area contributed by atoms with E-state index >= 15 is 0 Å². The zero-order valence-corrected chi connectivity index (χ0v) is 27.3. The van der Waals surface area contributed by atoms with E-state index in [1.54, 1.807) is 13.0 Å². The van der Waals surface area contributed by atoms with Gasteiger partial charge in [0.05, 0.1) is 30.0 Å². The highest BCUT2D eigenvalue weighted by Crippen LogP contribution is 2.48. The average molecular weight is 606 g/mol. The van der Waals surface area contributed by atoms with Gasteiger partial charge in [-0.2, -0.15) is 13.2 Å². The second-order valence-corrected chi connectivity index (χ2v) is 14.4. The molecule has 1 aliphatic heterocycles. The van der Waals surface area contributed by atoms with Crippen molar-refractivity contribution in [2.45, 2.75) is 130 Å². The van der Waals surface area contributed by atoms with E-state index in [0.29, 0.717) is 30.2 Å². The number of hydrogen-bond acceptors (Lipinski definition) is 6. The Bertz CT molecular complexity index is 956. The summed E-state index contributed by atoms with van der Waals surface area (Å²) in [5.74, 6) is 1.07. The molecule has 0 fully saturated rings. The predicted octanol–water partition coefficient (Wildman–Crippen LogP) is 9.68. The first-order valence-electron chi connectivity index (χ1n) is 14.7. The highest BCUT2D eigenvalue weighted by Gasteiger charge is 2.39. The SMILES string of the molecule is CC1=NC(CCc2ccc(OCCCCCCC(C)C)c(C(F)(F)F)c2)(COP(OC(C)(C)C)OC(C)(C)C)CO1. The number of alkyl halides is 3. The van der Waals surface area contributed by atoms with Crippen LogP contribution in [0, 0.1) is 5.92 Å². The summed E-state index contributed by atoms with van der Waals surface area (Å²) in [5, 5.41) is 0. The Morgan fingerprint density at radius 3 is 2.15 bits per heavy atom. The number of aliphatic imine (C=N–C) groups is 1. The molecule has 0 aromatic heterocycles. The van der Waals surface area contributed by atoms with E-state index in [1.165, 1.54) is 18.6 Å². The summed E-state index contributed by atoms with van der Waals surface area (Å²) < 4.78 is 71.4. The Morgan fingerprint density at radius 1 is 0.976 bits per heavy atom. The van der Waals surface area contributed by atoms with Crippen molar-refractivity contribution in [2.75, 3.05) is 19.8 Å². The molecule has 0 saturated heterocycles. The molecular formula is C31H51F3NO5P. The molecule has 0 radical (unpaired) electrons. The molecule has 236 valence electrons. The summed E-state index contributed by atoms with van der Waals surface area (Å²) in [7, 11) is -1.69. The minimum Gasteiger partial charge on any atom is -0.493 e. The lowest BCUT2D eigenvalue weighted by atomic mass is 9.93. The molecule has 0 aliphatic carbocycles. The fourth-order valence-electron chi connectivity index (χ4n) is 4.25. The summed E-state index contributed by atoms with van der Waals surface area (Å²) in [4.78, 5) is 4.69. The van der Waals surface area contributed by atoms with E-state index < -0.39 is 37.1 Å². The molecular weight excluding hydrogens is 554 g/mol. The molecule has 41 heavy (non-hydrogen) atoms. The molecule has 6 nitrogen and oxygen atoms in total. The minimum atomic E-state index is -4.51. The quantitative estimate of drug-likeness (QED) is 0.139. The van der Waals surface area contributed by atoms with Crippen molar-refractivity contribution in [1.29, 1.82) is 0 Å². The van der Waals surface area contributed by atoms with E-state index in [9.17, 15) is 13.2 Å². The summed E-state index contributed by atoms with van der Waals surface area (Å²) >= 11 is 0. The van der Waals surface area contributed by atoms with E-state index in [1.807, 2.05) is 41.5 Å². The van der Waals surface area contributed by atoms with Crippen LogP contribution in [0.1, 0.15) is 112 Å². The van der Waals surface area contributed by atoms with Crippen molar-refractivity contribution in [3.8, 4) is 5.75 Å². The van der Waals surface area contributed by atoms with Gasteiger partial charge < -0.3 is 23.0 Å². The molecule has 10 heteroatoms. The lowest BCUT2D eigenvalue weighted by molar-refractivity contribution is -0.139. The fraction of sp³-hybridized carbons (Fsp3) is 0.774. The number of rotatable bonds is 16. The average Bonchev–Trinajstić information content (AvgIpc) is 3.19. The summed E-state index contributed by atoms with van der Waals surface area (Å²) in [5.41, 5.74) is -1.92. The van der Waals surface area contributed by atoms with Gasteiger partial charge in [0.15, 0.2) is 5.90 Å². The third-order valence-electron chi connectivity index (χ3n) is 6.24. The van der Waals surface area contributed by atoms with Gasteiger partial charge >= 0.3 is 14.8 Å². The largest absolute Gasteiger partial charge is 0.493 e. The zero-order chi connectivity index (χ0) is 30.9. The van der Waals surface area contributed by atoms with Crippen molar-refractivity contribution in [1.82, 2.24) is 0 Å². The van der Waals surface area contributed by atoms with Crippen LogP contribution in [-0.2, 0) is 30.9 Å². The number of aryl methyl sites for hydroxylation is 1. The van der Waals surface area contributed by atoms with Crippen molar-refractivity contribution >= 4 is 14.5 Å². The monoisotopic (exact) mass is 605 g/mol. The highest BCUT2D eigenvalue weighted by atomic mass is 31.2. The molecule has 0 bridgehead atoms. The number of nitrogens with zero attached hydrogens (tertiary/aromatic N) is 1. The van der Waals surface area contributed by atoms with Crippen LogP contribution in [0.15, 0.2) is 23.2 Å². The second-order valence-electron chi connectivity index (χ2n) is 13.3. The lowest BCUT2D eigenvalue weighted by Gasteiger charge is -2.32. The molecule has 1 aromatic carbocycles. The normalized spacial score (nSPS) is 18.2. The van der Waals surface area contributed by atoms with E-state index in [4.69, 9.17) is 28.0 Å². The third kappa shape index (κ3) is 14.1. The number of benzene rings is 1. The minimum absolute atomic E-state index is 0.121. The second kappa shape index (κ2) is 15.4. The topological polar surface area (TPSA) is 58.5 Å². The van der Waals surface area contributed by atoms with Crippen LogP contribution in [-0.4, -0.2) is 42.5 Å². The Labute approximate surface area is 246 Å². The third-order valence-corrected chi connectivity index (χ3v) is 7.98. The fourth-order valence-corrected chi connectivity index (χ4v) is 5.63. The molecule has 1 aliphatic rings. The number of halogens is 3. The Kier molecular flexibility index (Phi) is 13.4. The molecule has 1 heterocycles. The van der Waals surface area contributed by atoms with Gasteiger partial charge in [0.25, 0.3) is 0 Å². The van der Waals surface area contributed by atoms with Gasteiger partial charge in [-0.15, -0.1) is 0 Å². The number of ether oxygens (including phenoxy) is 2. The molecule has 2 rings (SSSR count). The first kappa shape index (κ1) is 35.8. The van der Waals surface area contributed by atoms with Crippen LogP contribution in [0.25, 0.3) is 0 Å². The van der Waals surface area contributed by atoms with E-state index in [-0.39, 0.29) is 25.6 Å². The standard InChI is InChI=1S/C31H51F3NO5P/c1-23(2)14-12-10-11-13-19-36-27-16-15-25(20-26(27)31(32,33)34)17-18-30(21-37-24(3)35-30)22-38-41(39-28(4,5)6)40-29(7,8)9/h15-16,20,23H,10-14,17-19,21-22H2,1-9H3. The molecule has 0 spiro atoms. The Morgan fingerprint density at radius 2 is 1.61 bits per heavy atom. The Hall–Kier alpha value is -1.41. The highest BCUT2D eigenvalue weighted by molar-refractivity contribution is 7.41. The van der Waals surface area contributed by atoms with E-state index in [2.05, 4.69) is 13.8 Å². The van der Waals surface area contributed by atoms with Gasteiger partial charge in [-0.05, 0) is 84.4 Å². The maximum atomic E-state index is 14.0. The molecule has 0 amide bonds. The van der Waals surface area contributed by atoms with Crippen LogP contribution < -0.4 is 4.74 Å². The predicted molar refractivity (Wildman–Crippen MR) is 160 cm³/mol. The van der Waals surface area contributed by atoms with Gasteiger partial charge in [0.1, 0.15) is 17.9 Å². The molecule has 1 atom stereocenters. The summed E-state index contributed by atoms with van der Waals surface area (Å²) in [6.45, 7) is 18.4. The number of unbranched alkanes of at least 4 members (excludes halogenated alkanes) is 3. The van der Waals surface area contributed by atoms with Gasteiger partial charge in [-0.3, -0.25) is 0 Å². The van der Waals surface area contributed by atoms with Crippen molar-refractivity contribution < 1.29 is 36.2 Å². The maximum Gasteiger partial charge on any atom is 0.419 e. The molecule has 0 saturated carbocycles.